The summed E-state index contributed by atoms with van der Waals surface area (Å²) in [4.78, 5) is 24.3. The molecule has 1 atom stereocenters. The normalized spacial score (nSPS) is 13.9. The monoisotopic (exact) mass is 507 g/mol. The number of rotatable bonds is 22. The summed E-state index contributed by atoms with van der Waals surface area (Å²) in [7, 11) is 6.32. The SMILES string of the molecule is [B]C(C)(CNC(=O)CCCCCCCCCCCCCCC)COCC(C)(C)CC(=O)OC(C)(C)C. The Balaban J connectivity index is 3.80. The van der Waals surface area contributed by atoms with Gasteiger partial charge in [-0.1, -0.05) is 105 Å². The zero-order valence-electron chi connectivity index (χ0n) is 24.9. The molecule has 6 heteroatoms. The van der Waals surface area contributed by atoms with E-state index in [2.05, 4.69) is 12.2 Å². The number of nitrogens with one attached hydrogen (secondary N) is 1. The van der Waals surface area contributed by atoms with Crippen molar-refractivity contribution in [2.75, 3.05) is 19.8 Å². The van der Waals surface area contributed by atoms with Crippen LogP contribution in [0.3, 0.4) is 0 Å². The lowest BCUT2D eigenvalue weighted by Gasteiger charge is -2.30. The van der Waals surface area contributed by atoms with Crippen molar-refractivity contribution in [1.82, 2.24) is 5.32 Å². The Morgan fingerprint density at radius 1 is 0.722 bits per heavy atom. The van der Waals surface area contributed by atoms with Gasteiger partial charge >= 0.3 is 5.97 Å². The van der Waals surface area contributed by atoms with E-state index in [9.17, 15) is 9.59 Å². The Hall–Kier alpha value is -1.04. The molecule has 0 aromatic rings. The molecule has 0 heterocycles. The number of carbonyl (C=O) groups excluding carboxylic acids is 2. The van der Waals surface area contributed by atoms with E-state index < -0.39 is 10.9 Å². The molecule has 1 amide bonds. The Kier molecular flexibility index (Phi) is 18.5. The molecule has 0 saturated carbocycles. The van der Waals surface area contributed by atoms with Gasteiger partial charge in [-0.2, -0.15) is 0 Å². The standard InChI is InChI=1S/C30H58BNO4/c1-8-9-10-11-12-13-14-15-16-17-18-19-20-21-26(33)32-23-30(7,31)25-35-24-29(5,6)22-27(34)36-28(2,3)4/h8-25H2,1-7H3,(H,32,33). The average molecular weight is 508 g/mol. The summed E-state index contributed by atoms with van der Waals surface area (Å²) >= 11 is 0. The third-order valence-corrected chi connectivity index (χ3v) is 6.16. The van der Waals surface area contributed by atoms with Crippen molar-refractivity contribution < 1.29 is 19.1 Å². The molecule has 5 nitrogen and oxygen atoms in total. The highest BCUT2D eigenvalue weighted by atomic mass is 16.6. The molecule has 0 saturated heterocycles. The van der Waals surface area contributed by atoms with Crippen molar-refractivity contribution in [2.45, 2.75) is 156 Å². The third kappa shape index (κ3) is 23.4. The van der Waals surface area contributed by atoms with E-state index in [0.29, 0.717) is 26.2 Å². The molecule has 0 aliphatic carbocycles. The largest absolute Gasteiger partial charge is 0.460 e. The number of unbranched alkanes of at least 4 members (excludes halogenated alkanes) is 12. The number of hydrogen-bond donors (Lipinski definition) is 1. The van der Waals surface area contributed by atoms with Gasteiger partial charge in [-0.3, -0.25) is 9.59 Å². The summed E-state index contributed by atoms with van der Waals surface area (Å²) in [5.41, 5.74) is -0.842. The second kappa shape index (κ2) is 19.1. The van der Waals surface area contributed by atoms with E-state index in [0.717, 1.165) is 12.8 Å². The molecular weight excluding hydrogens is 449 g/mol. The predicted molar refractivity (Wildman–Crippen MR) is 153 cm³/mol. The molecule has 1 unspecified atom stereocenters. The molecule has 0 aromatic carbocycles. The maximum atomic E-state index is 12.2. The first-order valence-electron chi connectivity index (χ1n) is 14.6. The minimum Gasteiger partial charge on any atom is -0.460 e. The van der Waals surface area contributed by atoms with Crippen LogP contribution in [0.4, 0.5) is 0 Å². The highest BCUT2D eigenvalue weighted by Crippen LogP contribution is 2.26. The van der Waals surface area contributed by atoms with Crippen LogP contribution in [0.2, 0.25) is 5.31 Å². The van der Waals surface area contributed by atoms with Crippen molar-refractivity contribution in [3.05, 3.63) is 0 Å². The minimum absolute atomic E-state index is 0.0556. The summed E-state index contributed by atoms with van der Waals surface area (Å²) in [6.07, 6.45) is 17.7. The Morgan fingerprint density at radius 2 is 1.19 bits per heavy atom. The van der Waals surface area contributed by atoms with Crippen LogP contribution >= 0.6 is 0 Å². The lowest BCUT2D eigenvalue weighted by Crippen LogP contribution is -2.35. The highest BCUT2D eigenvalue weighted by Gasteiger charge is 2.27. The Morgan fingerprint density at radius 3 is 1.67 bits per heavy atom. The van der Waals surface area contributed by atoms with E-state index in [4.69, 9.17) is 17.3 Å². The number of hydrogen-bond acceptors (Lipinski definition) is 4. The number of ether oxygens (including phenoxy) is 2. The summed E-state index contributed by atoms with van der Waals surface area (Å²) in [6.45, 7) is 14.8. The zero-order chi connectivity index (χ0) is 27.5. The molecule has 0 rings (SSSR count). The number of amides is 1. The minimum atomic E-state index is -0.659. The first-order valence-corrected chi connectivity index (χ1v) is 14.6. The molecule has 0 bridgehead atoms. The third-order valence-electron chi connectivity index (χ3n) is 6.16. The quantitative estimate of drug-likeness (QED) is 0.0926. The van der Waals surface area contributed by atoms with Crippen molar-refractivity contribution in [3.63, 3.8) is 0 Å². The molecule has 2 radical (unpaired) electrons. The van der Waals surface area contributed by atoms with Gasteiger partial charge in [-0.25, -0.2) is 0 Å². The van der Waals surface area contributed by atoms with Gasteiger partial charge in [0.15, 0.2) is 0 Å². The van der Waals surface area contributed by atoms with Gasteiger partial charge in [-0.15, -0.1) is 0 Å². The van der Waals surface area contributed by atoms with Crippen LogP contribution in [-0.4, -0.2) is 45.1 Å². The molecule has 0 aliphatic rings. The van der Waals surface area contributed by atoms with E-state index >= 15 is 0 Å². The Labute approximate surface area is 225 Å². The van der Waals surface area contributed by atoms with Crippen LogP contribution < -0.4 is 5.32 Å². The summed E-state index contributed by atoms with van der Waals surface area (Å²) in [5.74, 6) is -0.174. The molecular formula is C30H58BNO4. The predicted octanol–water partition coefficient (Wildman–Crippen LogP) is 7.71. The van der Waals surface area contributed by atoms with Crippen molar-refractivity contribution >= 4 is 19.7 Å². The van der Waals surface area contributed by atoms with Gasteiger partial charge in [0.1, 0.15) is 5.60 Å². The fourth-order valence-electron chi connectivity index (χ4n) is 4.12. The summed E-state index contributed by atoms with van der Waals surface area (Å²) in [6, 6.07) is 0. The molecule has 1 N–H and O–H groups in total. The maximum absolute atomic E-state index is 12.2. The van der Waals surface area contributed by atoms with Gasteiger partial charge in [0.05, 0.1) is 20.9 Å². The topological polar surface area (TPSA) is 64.6 Å². The molecule has 0 spiro atoms. The molecule has 36 heavy (non-hydrogen) atoms. The van der Waals surface area contributed by atoms with Crippen molar-refractivity contribution in [2.24, 2.45) is 5.41 Å². The second-order valence-corrected chi connectivity index (χ2v) is 12.8. The average Bonchev–Trinajstić information content (AvgIpc) is 2.73. The second-order valence-electron chi connectivity index (χ2n) is 12.8. The number of carbonyl (C=O) groups is 2. The smallest absolute Gasteiger partial charge is 0.306 e. The Bertz CT molecular complexity index is 584. The van der Waals surface area contributed by atoms with Gasteiger partial charge in [0.2, 0.25) is 5.91 Å². The van der Waals surface area contributed by atoms with E-state index in [-0.39, 0.29) is 23.7 Å². The molecule has 0 aliphatic heterocycles. The summed E-state index contributed by atoms with van der Waals surface area (Å²) in [5, 5.41) is 2.29. The van der Waals surface area contributed by atoms with E-state index in [1.54, 1.807) is 0 Å². The maximum Gasteiger partial charge on any atom is 0.306 e. The van der Waals surface area contributed by atoms with Gasteiger partial charge in [-0.05, 0) is 37.9 Å². The lowest BCUT2D eigenvalue weighted by atomic mass is 9.71. The molecule has 210 valence electrons. The van der Waals surface area contributed by atoms with Crippen molar-refractivity contribution in [3.8, 4) is 0 Å². The fraction of sp³-hybridized carbons (Fsp3) is 0.933. The van der Waals surface area contributed by atoms with Gasteiger partial charge in [0, 0.05) is 19.6 Å². The van der Waals surface area contributed by atoms with Gasteiger partial charge < -0.3 is 14.8 Å². The van der Waals surface area contributed by atoms with Crippen LogP contribution in [0.1, 0.15) is 145 Å². The van der Waals surface area contributed by atoms with E-state index in [1.807, 2.05) is 41.5 Å². The van der Waals surface area contributed by atoms with Crippen LogP contribution in [0.25, 0.3) is 0 Å². The number of esters is 1. The zero-order valence-corrected chi connectivity index (χ0v) is 24.9. The van der Waals surface area contributed by atoms with Crippen LogP contribution in [-0.2, 0) is 19.1 Å². The van der Waals surface area contributed by atoms with Crippen LogP contribution in [0.5, 0.6) is 0 Å². The first-order chi connectivity index (χ1) is 16.8. The first kappa shape index (κ1) is 35.0. The molecule has 0 aromatic heterocycles. The van der Waals surface area contributed by atoms with Gasteiger partial charge in [0.25, 0.3) is 0 Å². The highest BCUT2D eigenvalue weighted by molar-refractivity contribution is 6.15. The molecule has 0 fully saturated rings. The van der Waals surface area contributed by atoms with E-state index in [1.165, 1.54) is 70.6 Å². The fourth-order valence-corrected chi connectivity index (χ4v) is 4.12. The van der Waals surface area contributed by atoms with Crippen LogP contribution in [0.15, 0.2) is 0 Å². The van der Waals surface area contributed by atoms with Crippen LogP contribution in [0, 0.1) is 5.41 Å². The van der Waals surface area contributed by atoms with Crippen molar-refractivity contribution in [1.29, 1.82) is 0 Å². The lowest BCUT2D eigenvalue weighted by molar-refractivity contribution is -0.158. The summed E-state index contributed by atoms with van der Waals surface area (Å²) < 4.78 is 11.2.